The molecule has 2 saturated heterocycles. The molecular formula is C25H29FN2O2. The van der Waals surface area contributed by atoms with Gasteiger partial charge in [-0.3, -0.25) is 9.69 Å². The van der Waals surface area contributed by atoms with Crippen molar-refractivity contribution >= 4 is 12.0 Å². The Labute approximate surface area is 177 Å². The number of benzene rings is 2. The molecule has 2 aliphatic heterocycles. The molecule has 0 unspecified atom stereocenters. The first-order valence-corrected chi connectivity index (χ1v) is 10.8. The maximum Gasteiger partial charge on any atom is 0.253 e. The van der Waals surface area contributed by atoms with Crippen molar-refractivity contribution in [3.63, 3.8) is 0 Å². The average Bonchev–Trinajstić information content (AvgIpc) is 2.74. The molecule has 0 aliphatic carbocycles. The van der Waals surface area contributed by atoms with Crippen LogP contribution in [0, 0.1) is 5.82 Å². The van der Waals surface area contributed by atoms with Crippen molar-refractivity contribution in [1.29, 1.82) is 0 Å². The Bertz CT molecular complexity index is 894. The molecule has 2 heterocycles. The van der Waals surface area contributed by atoms with Crippen LogP contribution in [0.5, 0.6) is 0 Å². The third kappa shape index (κ3) is 4.05. The zero-order chi connectivity index (χ0) is 21.1. The largest absolute Gasteiger partial charge is 0.395 e. The van der Waals surface area contributed by atoms with Gasteiger partial charge >= 0.3 is 0 Å². The van der Waals surface area contributed by atoms with E-state index in [1.54, 1.807) is 12.1 Å². The molecule has 1 amide bonds. The average molecular weight is 409 g/mol. The summed E-state index contributed by atoms with van der Waals surface area (Å²) in [6.45, 7) is 4.39. The van der Waals surface area contributed by atoms with Crippen molar-refractivity contribution in [3.05, 3.63) is 77.1 Å². The number of aliphatic hydroxyl groups excluding tert-OH is 1. The molecular weight excluding hydrogens is 379 g/mol. The molecule has 0 aromatic heterocycles. The van der Waals surface area contributed by atoms with E-state index < -0.39 is 0 Å². The SMILES string of the molecule is C/C=C/c1ccc([C@H]2[C@@H](CO)N3CCCCN(C(=O)c4ccc(F)cc4)C[C@@H]23)cc1. The molecule has 2 aliphatic rings. The van der Waals surface area contributed by atoms with E-state index in [1.807, 2.05) is 17.9 Å². The van der Waals surface area contributed by atoms with Gasteiger partial charge in [0.25, 0.3) is 5.91 Å². The summed E-state index contributed by atoms with van der Waals surface area (Å²) in [4.78, 5) is 17.3. The summed E-state index contributed by atoms with van der Waals surface area (Å²) in [7, 11) is 0. The number of carbonyl (C=O) groups excluding carboxylic acids is 1. The highest BCUT2D eigenvalue weighted by Crippen LogP contribution is 2.42. The molecule has 2 fully saturated rings. The molecule has 2 aromatic rings. The number of hydrogen-bond donors (Lipinski definition) is 1. The van der Waals surface area contributed by atoms with E-state index in [0.717, 1.165) is 24.9 Å². The number of carbonyl (C=O) groups is 1. The van der Waals surface area contributed by atoms with Gasteiger partial charge in [0.15, 0.2) is 0 Å². The molecule has 4 nitrogen and oxygen atoms in total. The Kier molecular flexibility index (Phi) is 6.30. The summed E-state index contributed by atoms with van der Waals surface area (Å²) in [5, 5.41) is 10.1. The fraction of sp³-hybridized carbons (Fsp3) is 0.400. The predicted molar refractivity (Wildman–Crippen MR) is 117 cm³/mol. The number of halogens is 1. The van der Waals surface area contributed by atoms with Crippen LogP contribution in [0.3, 0.4) is 0 Å². The van der Waals surface area contributed by atoms with Crippen LogP contribution in [0.1, 0.15) is 47.2 Å². The molecule has 3 atom stereocenters. The van der Waals surface area contributed by atoms with Gasteiger partial charge < -0.3 is 10.0 Å². The lowest BCUT2D eigenvalue weighted by molar-refractivity contribution is -0.0606. The van der Waals surface area contributed by atoms with Gasteiger partial charge in [-0.1, -0.05) is 36.4 Å². The van der Waals surface area contributed by atoms with Crippen LogP contribution >= 0.6 is 0 Å². The quantitative estimate of drug-likeness (QED) is 0.834. The van der Waals surface area contributed by atoms with Gasteiger partial charge in [-0.2, -0.15) is 0 Å². The van der Waals surface area contributed by atoms with Crippen LogP contribution < -0.4 is 0 Å². The van der Waals surface area contributed by atoms with Crippen molar-refractivity contribution in [2.45, 2.75) is 37.8 Å². The van der Waals surface area contributed by atoms with Crippen molar-refractivity contribution in [3.8, 4) is 0 Å². The normalized spacial score (nSPS) is 24.8. The highest BCUT2D eigenvalue weighted by Gasteiger charge is 2.49. The predicted octanol–water partition coefficient (Wildman–Crippen LogP) is 3.92. The summed E-state index contributed by atoms with van der Waals surface area (Å²) in [5.74, 6) is -0.195. The van der Waals surface area contributed by atoms with Crippen LogP contribution in [0.25, 0.3) is 6.08 Å². The minimum absolute atomic E-state index is 0.0496. The number of rotatable bonds is 4. The summed E-state index contributed by atoms with van der Waals surface area (Å²) >= 11 is 0. The van der Waals surface area contributed by atoms with E-state index >= 15 is 0 Å². The third-order valence-electron chi connectivity index (χ3n) is 6.43. The van der Waals surface area contributed by atoms with Crippen LogP contribution in [0.4, 0.5) is 4.39 Å². The second-order valence-corrected chi connectivity index (χ2v) is 8.21. The molecule has 158 valence electrons. The Morgan fingerprint density at radius 3 is 2.47 bits per heavy atom. The number of amides is 1. The molecule has 4 rings (SSSR count). The fourth-order valence-electron chi connectivity index (χ4n) is 4.92. The number of fused-ring (bicyclic) bond motifs is 1. The second-order valence-electron chi connectivity index (χ2n) is 8.21. The van der Waals surface area contributed by atoms with Crippen molar-refractivity contribution < 1.29 is 14.3 Å². The zero-order valence-corrected chi connectivity index (χ0v) is 17.4. The summed E-state index contributed by atoms with van der Waals surface area (Å²) < 4.78 is 13.3. The van der Waals surface area contributed by atoms with E-state index in [9.17, 15) is 14.3 Å². The lowest BCUT2D eigenvalue weighted by Crippen LogP contribution is -2.67. The fourth-order valence-corrected chi connectivity index (χ4v) is 4.92. The van der Waals surface area contributed by atoms with Crippen molar-refractivity contribution in [2.24, 2.45) is 0 Å². The third-order valence-corrected chi connectivity index (χ3v) is 6.43. The summed E-state index contributed by atoms with van der Waals surface area (Å²) in [5.41, 5.74) is 2.89. The maximum atomic E-state index is 13.3. The first kappa shape index (κ1) is 20.8. The van der Waals surface area contributed by atoms with Gasteiger partial charge in [0.05, 0.1) is 6.61 Å². The lowest BCUT2D eigenvalue weighted by Gasteiger charge is -2.57. The second kappa shape index (κ2) is 9.11. The van der Waals surface area contributed by atoms with Gasteiger partial charge in [0.2, 0.25) is 0 Å². The first-order valence-electron chi connectivity index (χ1n) is 10.8. The lowest BCUT2D eigenvalue weighted by atomic mass is 9.74. The van der Waals surface area contributed by atoms with E-state index in [1.165, 1.54) is 17.7 Å². The van der Waals surface area contributed by atoms with E-state index in [4.69, 9.17) is 0 Å². The van der Waals surface area contributed by atoms with Crippen molar-refractivity contribution in [1.82, 2.24) is 9.80 Å². The smallest absolute Gasteiger partial charge is 0.253 e. The Morgan fingerprint density at radius 1 is 1.10 bits per heavy atom. The van der Waals surface area contributed by atoms with E-state index in [0.29, 0.717) is 18.7 Å². The Balaban J connectivity index is 1.57. The van der Waals surface area contributed by atoms with Gasteiger partial charge in [0, 0.05) is 36.7 Å². The molecule has 0 radical (unpaired) electrons. The number of nitrogens with zero attached hydrogens (tertiary/aromatic N) is 2. The first-order chi connectivity index (χ1) is 14.6. The number of allylic oxidation sites excluding steroid dienone is 1. The minimum Gasteiger partial charge on any atom is -0.395 e. The monoisotopic (exact) mass is 408 g/mol. The Hall–Kier alpha value is -2.50. The van der Waals surface area contributed by atoms with Crippen LogP contribution in [0.2, 0.25) is 0 Å². The molecule has 0 spiro atoms. The Morgan fingerprint density at radius 2 is 1.80 bits per heavy atom. The van der Waals surface area contributed by atoms with Crippen LogP contribution in [0.15, 0.2) is 54.6 Å². The molecule has 0 saturated carbocycles. The zero-order valence-electron chi connectivity index (χ0n) is 17.4. The van der Waals surface area contributed by atoms with Crippen molar-refractivity contribution in [2.75, 3.05) is 26.2 Å². The number of hydrogen-bond acceptors (Lipinski definition) is 3. The van der Waals surface area contributed by atoms with Gasteiger partial charge in [-0.15, -0.1) is 0 Å². The van der Waals surface area contributed by atoms with E-state index in [-0.39, 0.29) is 36.3 Å². The maximum absolute atomic E-state index is 13.3. The standard InChI is InChI=1S/C25H29FN2O2/c1-2-5-18-6-8-19(9-7-18)24-22-16-27(14-3-4-15-28(22)23(24)17-29)25(30)20-10-12-21(26)13-11-20/h2,5-13,22-24,29H,3-4,14-17H2,1H3/b5-2+/t22-,23+,24+/m0/s1. The van der Waals surface area contributed by atoms with E-state index in [2.05, 4.69) is 35.2 Å². The molecule has 2 aromatic carbocycles. The minimum atomic E-state index is -0.336. The molecule has 1 N–H and O–H groups in total. The van der Waals surface area contributed by atoms with Crippen LogP contribution in [-0.4, -0.2) is 59.1 Å². The van der Waals surface area contributed by atoms with Gasteiger partial charge in [0.1, 0.15) is 5.82 Å². The highest BCUT2D eigenvalue weighted by molar-refractivity contribution is 5.94. The molecule has 5 heteroatoms. The summed E-state index contributed by atoms with van der Waals surface area (Å²) in [6.07, 6.45) is 6.01. The van der Waals surface area contributed by atoms with Crippen LogP contribution in [-0.2, 0) is 0 Å². The topological polar surface area (TPSA) is 43.8 Å². The van der Waals surface area contributed by atoms with Gasteiger partial charge in [-0.25, -0.2) is 4.39 Å². The molecule has 0 bridgehead atoms. The van der Waals surface area contributed by atoms with Gasteiger partial charge in [-0.05, 0) is 61.7 Å². The summed E-state index contributed by atoms with van der Waals surface area (Å²) in [6, 6.07) is 14.6. The number of aliphatic hydroxyl groups is 1. The molecule has 30 heavy (non-hydrogen) atoms. The highest BCUT2D eigenvalue weighted by atomic mass is 19.1.